The standard InChI is InChI=1S/C25H23ClN2O3/c26-22-16-20(7-10-23(22)28-11-13-31-14-12-28)24(29)15-17-1-3-18(4-2-17)25(30)19-5-8-21(27)9-6-19/h1-10,16H,11-15,27H2. The van der Waals surface area contributed by atoms with Crippen LogP contribution in [0.25, 0.3) is 0 Å². The first kappa shape index (κ1) is 21.1. The molecular formula is C25H23ClN2O3. The highest BCUT2D eigenvalue weighted by atomic mass is 35.5. The van der Waals surface area contributed by atoms with Crippen molar-refractivity contribution in [2.24, 2.45) is 0 Å². The zero-order valence-corrected chi connectivity index (χ0v) is 17.8. The van der Waals surface area contributed by atoms with E-state index in [2.05, 4.69) is 4.90 Å². The highest BCUT2D eigenvalue weighted by Crippen LogP contribution is 2.28. The molecule has 1 heterocycles. The molecule has 0 aliphatic carbocycles. The van der Waals surface area contributed by atoms with E-state index in [0.717, 1.165) is 24.3 Å². The van der Waals surface area contributed by atoms with Crippen molar-refractivity contribution >= 4 is 34.5 Å². The van der Waals surface area contributed by atoms with Crippen LogP contribution >= 0.6 is 11.6 Å². The zero-order valence-electron chi connectivity index (χ0n) is 17.0. The summed E-state index contributed by atoms with van der Waals surface area (Å²) in [6.07, 6.45) is 0.240. The lowest BCUT2D eigenvalue weighted by Crippen LogP contribution is -2.36. The van der Waals surface area contributed by atoms with Crippen LogP contribution in [0, 0.1) is 0 Å². The predicted molar refractivity (Wildman–Crippen MR) is 123 cm³/mol. The van der Waals surface area contributed by atoms with Gasteiger partial charge in [-0.2, -0.15) is 0 Å². The van der Waals surface area contributed by atoms with E-state index in [4.69, 9.17) is 22.1 Å². The summed E-state index contributed by atoms with van der Waals surface area (Å²) < 4.78 is 5.38. The molecule has 1 fully saturated rings. The lowest BCUT2D eigenvalue weighted by atomic mass is 9.98. The molecule has 3 aromatic rings. The van der Waals surface area contributed by atoms with Crippen molar-refractivity contribution in [2.45, 2.75) is 6.42 Å². The van der Waals surface area contributed by atoms with Crippen LogP contribution in [0.5, 0.6) is 0 Å². The first-order chi connectivity index (χ1) is 15.0. The van der Waals surface area contributed by atoms with E-state index in [-0.39, 0.29) is 18.0 Å². The van der Waals surface area contributed by atoms with Crippen LogP contribution in [0.15, 0.2) is 66.7 Å². The number of Topliss-reactive ketones (excluding diaryl/α,β-unsaturated/α-hetero) is 1. The first-order valence-electron chi connectivity index (χ1n) is 10.2. The molecular weight excluding hydrogens is 412 g/mol. The fraction of sp³-hybridized carbons (Fsp3) is 0.200. The minimum atomic E-state index is -0.0802. The van der Waals surface area contributed by atoms with Gasteiger partial charge in [-0.1, -0.05) is 35.9 Å². The second kappa shape index (κ2) is 9.33. The van der Waals surface area contributed by atoms with E-state index >= 15 is 0 Å². The second-order valence-corrected chi connectivity index (χ2v) is 7.92. The molecule has 0 radical (unpaired) electrons. The van der Waals surface area contributed by atoms with E-state index in [1.165, 1.54) is 0 Å². The quantitative estimate of drug-likeness (QED) is 0.459. The number of hydrogen-bond donors (Lipinski definition) is 1. The van der Waals surface area contributed by atoms with Gasteiger partial charge in [0.05, 0.1) is 23.9 Å². The van der Waals surface area contributed by atoms with Crippen LogP contribution < -0.4 is 10.6 Å². The molecule has 0 spiro atoms. The van der Waals surface area contributed by atoms with Gasteiger partial charge in [0.2, 0.25) is 0 Å². The fourth-order valence-corrected chi connectivity index (χ4v) is 3.90. The number of halogens is 1. The monoisotopic (exact) mass is 434 g/mol. The third kappa shape index (κ3) is 4.95. The molecule has 0 amide bonds. The number of nitrogens with zero attached hydrogens (tertiary/aromatic N) is 1. The van der Waals surface area contributed by atoms with Gasteiger partial charge in [0.25, 0.3) is 0 Å². The van der Waals surface area contributed by atoms with Crippen LogP contribution in [0.1, 0.15) is 31.8 Å². The third-order valence-electron chi connectivity index (χ3n) is 5.38. The average molecular weight is 435 g/mol. The summed E-state index contributed by atoms with van der Waals surface area (Å²) in [5, 5.41) is 0.567. The summed E-state index contributed by atoms with van der Waals surface area (Å²) in [4.78, 5) is 27.5. The zero-order chi connectivity index (χ0) is 21.8. The number of ketones is 2. The summed E-state index contributed by atoms with van der Waals surface area (Å²) in [5.41, 5.74) is 9.77. The van der Waals surface area contributed by atoms with Gasteiger partial charge in [0.15, 0.2) is 11.6 Å². The molecule has 0 bridgehead atoms. The van der Waals surface area contributed by atoms with Crippen LogP contribution in [-0.2, 0) is 11.2 Å². The van der Waals surface area contributed by atoms with Crippen molar-refractivity contribution in [1.29, 1.82) is 0 Å². The first-order valence-corrected chi connectivity index (χ1v) is 10.5. The Bertz CT molecular complexity index is 1090. The number of hydrogen-bond acceptors (Lipinski definition) is 5. The lowest BCUT2D eigenvalue weighted by molar-refractivity contribution is 0.0992. The number of rotatable bonds is 6. The number of anilines is 2. The third-order valence-corrected chi connectivity index (χ3v) is 5.68. The maximum absolute atomic E-state index is 12.8. The minimum Gasteiger partial charge on any atom is -0.399 e. The highest BCUT2D eigenvalue weighted by molar-refractivity contribution is 6.33. The number of ether oxygens (including phenoxy) is 1. The molecule has 2 N–H and O–H groups in total. The maximum atomic E-state index is 12.8. The molecule has 0 saturated carbocycles. The van der Waals surface area contributed by atoms with Crippen LogP contribution in [0.2, 0.25) is 5.02 Å². The maximum Gasteiger partial charge on any atom is 0.193 e. The second-order valence-electron chi connectivity index (χ2n) is 7.51. The summed E-state index contributed by atoms with van der Waals surface area (Å²) >= 11 is 6.45. The smallest absolute Gasteiger partial charge is 0.193 e. The lowest BCUT2D eigenvalue weighted by Gasteiger charge is -2.29. The molecule has 4 rings (SSSR count). The molecule has 0 unspecified atom stereocenters. The Morgan fingerprint density at radius 2 is 1.45 bits per heavy atom. The van der Waals surface area contributed by atoms with E-state index in [0.29, 0.717) is 40.6 Å². The van der Waals surface area contributed by atoms with Gasteiger partial charge in [0.1, 0.15) is 0 Å². The number of morpholine rings is 1. The number of carbonyl (C=O) groups is 2. The fourth-order valence-electron chi connectivity index (χ4n) is 3.60. The molecule has 6 heteroatoms. The normalized spacial score (nSPS) is 13.8. The van der Waals surface area contributed by atoms with Crippen molar-refractivity contribution < 1.29 is 14.3 Å². The van der Waals surface area contributed by atoms with Crippen molar-refractivity contribution in [1.82, 2.24) is 0 Å². The largest absolute Gasteiger partial charge is 0.399 e. The predicted octanol–water partition coefficient (Wildman–Crippen LogP) is 4.42. The van der Waals surface area contributed by atoms with Gasteiger partial charge in [0, 0.05) is 41.9 Å². The van der Waals surface area contributed by atoms with E-state index < -0.39 is 0 Å². The molecule has 3 aromatic carbocycles. The summed E-state index contributed by atoms with van der Waals surface area (Å²) in [5.74, 6) is -0.101. The van der Waals surface area contributed by atoms with Gasteiger partial charge >= 0.3 is 0 Å². The Kier molecular flexibility index (Phi) is 6.35. The summed E-state index contributed by atoms with van der Waals surface area (Å²) in [7, 11) is 0. The number of nitrogens with two attached hydrogens (primary N) is 1. The van der Waals surface area contributed by atoms with Crippen molar-refractivity contribution in [3.63, 3.8) is 0 Å². The van der Waals surface area contributed by atoms with Crippen LogP contribution in [0.3, 0.4) is 0 Å². The Hall–Kier alpha value is -3.15. The molecule has 1 aliphatic heterocycles. The Morgan fingerprint density at radius 3 is 2.06 bits per heavy atom. The topological polar surface area (TPSA) is 72.6 Å². The van der Waals surface area contributed by atoms with Gasteiger partial charge in [-0.15, -0.1) is 0 Å². The minimum absolute atomic E-state index is 0.0203. The molecule has 0 atom stereocenters. The van der Waals surface area contributed by atoms with E-state index in [1.54, 1.807) is 42.5 Å². The molecule has 31 heavy (non-hydrogen) atoms. The Morgan fingerprint density at radius 1 is 0.871 bits per heavy atom. The molecule has 158 valence electrons. The van der Waals surface area contributed by atoms with E-state index in [9.17, 15) is 9.59 Å². The molecule has 0 aromatic heterocycles. The molecule has 1 aliphatic rings. The summed E-state index contributed by atoms with van der Waals surface area (Å²) in [6, 6.07) is 19.4. The highest BCUT2D eigenvalue weighted by Gasteiger charge is 2.16. The molecule has 5 nitrogen and oxygen atoms in total. The number of carbonyl (C=O) groups excluding carboxylic acids is 2. The van der Waals surface area contributed by atoms with Gasteiger partial charge < -0.3 is 15.4 Å². The van der Waals surface area contributed by atoms with Gasteiger partial charge in [-0.05, 0) is 48.0 Å². The van der Waals surface area contributed by atoms with Crippen LogP contribution in [0.4, 0.5) is 11.4 Å². The van der Waals surface area contributed by atoms with Gasteiger partial charge in [-0.25, -0.2) is 0 Å². The molecule has 1 saturated heterocycles. The summed E-state index contributed by atoms with van der Waals surface area (Å²) in [6.45, 7) is 2.92. The average Bonchev–Trinajstić information content (AvgIpc) is 2.80. The Labute approximate surface area is 186 Å². The SMILES string of the molecule is Nc1ccc(C(=O)c2ccc(CC(=O)c3ccc(N4CCOCC4)c(Cl)c3)cc2)cc1. The van der Waals surface area contributed by atoms with Crippen molar-refractivity contribution in [3.8, 4) is 0 Å². The Balaban J connectivity index is 1.43. The number of benzene rings is 3. The number of nitrogen functional groups attached to an aromatic ring is 1. The van der Waals surface area contributed by atoms with Crippen molar-refractivity contribution in [2.75, 3.05) is 36.9 Å². The van der Waals surface area contributed by atoms with Crippen LogP contribution in [-0.4, -0.2) is 37.9 Å². The van der Waals surface area contributed by atoms with Crippen molar-refractivity contribution in [3.05, 3.63) is 94.0 Å². The van der Waals surface area contributed by atoms with Gasteiger partial charge in [-0.3, -0.25) is 9.59 Å². The van der Waals surface area contributed by atoms with E-state index in [1.807, 2.05) is 24.3 Å².